The van der Waals surface area contributed by atoms with Crippen LogP contribution in [-0.2, 0) is 11.3 Å². The first-order chi connectivity index (χ1) is 10.8. The Hall–Kier alpha value is -2.96. The molecule has 3 rings (SSSR count). The Bertz CT molecular complexity index is 735. The van der Waals surface area contributed by atoms with Crippen molar-refractivity contribution < 1.29 is 4.79 Å². The zero-order chi connectivity index (χ0) is 15.4. The average molecular weight is 296 g/mol. The molecule has 0 saturated carbocycles. The van der Waals surface area contributed by atoms with Crippen LogP contribution < -0.4 is 5.32 Å². The summed E-state index contributed by atoms with van der Waals surface area (Å²) in [7, 11) is 0. The third-order valence-corrected chi connectivity index (χ3v) is 3.39. The van der Waals surface area contributed by atoms with Gasteiger partial charge in [0.2, 0.25) is 5.91 Å². The highest BCUT2D eigenvalue weighted by Gasteiger charge is 2.14. The van der Waals surface area contributed by atoms with Crippen LogP contribution in [0, 0.1) is 0 Å². The highest BCUT2D eigenvalue weighted by atomic mass is 16.2. The van der Waals surface area contributed by atoms with E-state index < -0.39 is 0 Å². The Labute approximate surface area is 127 Å². The van der Waals surface area contributed by atoms with Crippen LogP contribution in [0.4, 0.5) is 0 Å². The molecule has 0 aliphatic rings. The minimum Gasteiger partial charge on any atom is -0.350 e. The number of hydrogen-bond acceptors (Lipinski definition) is 4. The van der Waals surface area contributed by atoms with Gasteiger partial charge in [0.05, 0.1) is 6.33 Å². The molecule has 0 aliphatic carbocycles. The van der Waals surface area contributed by atoms with Crippen LogP contribution in [0.2, 0.25) is 0 Å². The van der Waals surface area contributed by atoms with Gasteiger partial charge in [-0.15, -0.1) is 0 Å². The van der Waals surface area contributed by atoms with E-state index in [1.165, 1.54) is 0 Å². The molecule has 3 aromatic heterocycles. The summed E-state index contributed by atoms with van der Waals surface area (Å²) in [4.78, 5) is 20.5. The summed E-state index contributed by atoms with van der Waals surface area (Å²) in [6.45, 7) is 2.22. The first kappa shape index (κ1) is 14.0. The molecule has 0 bridgehead atoms. The van der Waals surface area contributed by atoms with Crippen molar-refractivity contribution in [3.05, 3.63) is 61.1 Å². The Morgan fingerprint density at radius 2 is 2.18 bits per heavy atom. The molecule has 0 fully saturated rings. The van der Waals surface area contributed by atoms with Crippen LogP contribution in [-0.4, -0.2) is 30.2 Å². The lowest BCUT2D eigenvalue weighted by Crippen LogP contribution is -2.30. The number of nitrogens with one attached hydrogen (secondary N) is 1. The van der Waals surface area contributed by atoms with E-state index in [4.69, 9.17) is 0 Å². The Kier molecular flexibility index (Phi) is 3.95. The van der Waals surface area contributed by atoms with Crippen LogP contribution in [0.1, 0.15) is 18.5 Å². The van der Waals surface area contributed by atoms with Gasteiger partial charge < -0.3 is 9.88 Å². The van der Waals surface area contributed by atoms with Crippen molar-refractivity contribution in [3.63, 3.8) is 0 Å². The smallest absolute Gasteiger partial charge is 0.243 e. The van der Waals surface area contributed by atoms with Gasteiger partial charge in [-0.3, -0.25) is 4.79 Å². The average Bonchev–Trinajstić information content (AvgIpc) is 3.25. The first-order valence-electron chi connectivity index (χ1n) is 6.95. The number of amides is 1. The molecule has 7 heteroatoms. The maximum Gasteiger partial charge on any atom is 0.243 e. The maximum atomic E-state index is 12.2. The van der Waals surface area contributed by atoms with Crippen molar-refractivity contribution in [3.8, 4) is 5.82 Å². The second kappa shape index (κ2) is 6.21. The van der Waals surface area contributed by atoms with E-state index in [1.54, 1.807) is 40.4 Å². The molecule has 0 aromatic carbocycles. The minimum atomic E-state index is -0.313. The van der Waals surface area contributed by atoms with E-state index in [2.05, 4.69) is 20.4 Å². The van der Waals surface area contributed by atoms with Gasteiger partial charge in [-0.1, -0.05) is 6.07 Å². The molecular formula is C15H16N6O. The molecule has 3 heterocycles. The summed E-state index contributed by atoms with van der Waals surface area (Å²) in [6, 6.07) is 5.28. The lowest BCUT2D eigenvalue weighted by atomic mass is 10.2. The highest BCUT2D eigenvalue weighted by molar-refractivity contribution is 5.79. The molecular weight excluding hydrogens is 280 g/mol. The molecule has 1 unspecified atom stereocenters. The number of aromatic nitrogens is 5. The fraction of sp³-hybridized carbons (Fsp3) is 0.200. The monoisotopic (exact) mass is 296 g/mol. The van der Waals surface area contributed by atoms with Crippen molar-refractivity contribution in [2.75, 3.05) is 0 Å². The third-order valence-electron chi connectivity index (χ3n) is 3.39. The van der Waals surface area contributed by atoms with Gasteiger partial charge in [0.1, 0.15) is 6.04 Å². The van der Waals surface area contributed by atoms with Gasteiger partial charge in [0, 0.05) is 43.1 Å². The molecule has 0 saturated heterocycles. The first-order valence-corrected chi connectivity index (χ1v) is 6.95. The number of rotatable bonds is 5. The zero-order valence-electron chi connectivity index (χ0n) is 12.1. The highest BCUT2D eigenvalue weighted by Crippen LogP contribution is 2.11. The Morgan fingerprint density at radius 3 is 2.91 bits per heavy atom. The standard InChI is InChI=1S/C15H16N6O/c1-12(20-9-7-16-11-20)15(22)18-10-13-4-2-5-17-14(13)21-8-3-6-19-21/h2-9,11-12H,10H2,1H3,(H,18,22). The van der Waals surface area contributed by atoms with Crippen molar-refractivity contribution in [2.45, 2.75) is 19.5 Å². The predicted molar refractivity (Wildman–Crippen MR) is 80.1 cm³/mol. The molecule has 0 spiro atoms. The van der Waals surface area contributed by atoms with Crippen LogP contribution in [0.25, 0.3) is 5.82 Å². The summed E-state index contributed by atoms with van der Waals surface area (Å²) < 4.78 is 3.44. The number of hydrogen-bond donors (Lipinski definition) is 1. The summed E-state index contributed by atoms with van der Waals surface area (Å²) in [5, 5.41) is 7.10. The van der Waals surface area contributed by atoms with Gasteiger partial charge in [-0.2, -0.15) is 5.10 Å². The van der Waals surface area contributed by atoms with Crippen LogP contribution in [0.5, 0.6) is 0 Å². The van der Waals surface area contributed by atoms with E-state index >= 15 is 0 Å². The lowest BCUT2D eigenvalue weighted by molar-refractivity contribution is -0.124. The number of nitrogens with zero attached hydrogens (tertiary/aromatic N) is 5. The van der Waals surface area contributed by atoms with Gasteiger partial charge in [-0.25, -0.2) is 14.6 Å². The Balaban J connectivity index is 1.71. The molecule has 0 aliphatic heterocycles. The van der Waals surface area contributed by atoms with E-state index in [0.717, 1.165) is 5.56 Å². The normalized spacial score (nSPS) is 12.0. The summed E-state index contributed by atoms with van der Waals surface area (Å²) in [6.07, 6.45) is 10.3. The van der Waals surface area contributed by atoms with Gasteiger partial charge >= 0.3 is 0 Å². The topological polar surface area (TPSA) is 77.6 Å². The summed E-state index contributed by atoms with van der Waals surface area (Å²) in [5.41, 5.74) is 0.900. The number of pyridine rings is 1. The SMILES string of the molecule is CC(C(=O)NCc1cccnc1-n1cccn1)n1ccnc1. The van der Waals surface area contributed by atoms with Gasteiger partial charge in [0.25, 0.3) is 0 Å². The molecule has 3 aromatic rings. The molecule has 112 valence electrons. The maximum absolute atomic E-state index is 12.2. The lowest BCUT2D eigenvalue weighted by Gasteiger charge is -2.14. The van der Waals surface area contributed by atoms with Crippen LogP contribution >= 0.6 is 0 Å². The van der Waals surface area contributed by atoms with Crippen molar-refractivity contribution in [2.24, 2.45) is 0 Å². The fourth-order valence-corrected chi connectivity index (χ4v) is 2.13. The van der Waals surface area contributed by atoms with Crippen LogP contribution in [0.3, 0.4) is 0 Å². The summed E-state index contributed by atoms with van der Waals surface area (Å²) >= 11 is 0. The quantitative estimate of drug-likeness (QED) is 0.770. The van der Waals surface area contributed by atoms with Crippen molar-refractivity contribution in [1.29, 1.82) is 0 Å². The van der Waals surface area contributed by atoms with E-state index in [9.17, 15) is 4.79 Å². The molecule has 22 heavy (non-hydrogen) atoms. The molecule has 0 radical (unpaired) electrons. The number of carbonyl (C=O) groups is 1. The molecule has 1 atom stereocenters. The minimum absolute atomic E-state index is 0.0757. The van der Waals surface area contributed by atoms with Gasteiger partial charge in [-0.05, 0) is 19.1 Å². The zero-order valence-corrected chi connectivity index (χ0v) is 12.1. The second-order valence-corrected chi connectivity index (χ2v) is 4.84. The van der Waals surface area contributed by atoms with Gasteiger partial charge in [0.15, 0.2) is 5.82 Å². The molecule has 1 N–H and O–H groups in total. The third kappa shape index (κ3) is 2.88. The Morgan fingerprint density at radius 1 is 1.27 bits per heavy atom. The van der Waals surface area contributed by atoms with Crippen molar-refractivity contribution in [1.82, 2.24) is 29.6 Å². The van der Waals surface area contributed by atoms with E-state index in [1.807, 2.05) is 31.3 Å². The van der Waals surface area contributed by atoms with Crippen molar-refractivity contribution >= 4 is 5.91 Å². The fourth-order valence-electron chi connectivity index (χ4n) is 2.13. The molecule has 7 nitrogen and oxygen atoms in total. The summed E-state index contributed by atoms with van der Waals surface area (Å²) in [5.74, 6) is 0.636. The molecule has 1 amide bonds. The van der Waals surface area contributed by atoms with Crippen LogP contribution in [0.15, 0.2) is 55.5 Å². The van der Waals surface area contributed by atoms with E-state index in [-0.39, 0.29) is 11.9 Å². The second-order valence-electron chi connectivity index (χ2n) is 4.84. The van der Waals surface area contributed by atoms with E-state index in [0.29, 0.717) is 12.4 Å². The number of carbonyl (C=O) groups excluding carboxylic acids is 1. The number of imidazole rings is 1. The largest absolute Gasteiger partial charge is 0.350 e. The predicted octanol–water partition coefficient (Wildman–Crippen LogP) is 1.34.